The average molecular weight is 236 g/mol. The molecule has 1 rings (SSSR count). The van der Waals surface area contributed by atoms with Crippen molar-refractivity contribution in [2.24, 2.45) is 0 Å². The first-order valence-electron chi connectivity index (χ1n) is 4.47. The molecule has 0 unspecified atom stereocenters. The minimum Gasteiger partial charge on any atom is -0.448 e. The third kappa shape index (κ3) is 3.19. The van der Waals surface area contributed by atoms with Gasteiger partial charge in [-0.05, 0) is 23.7 Å². The minimum atomic E-state index is -1.10. The van der Waals surface area contributed by atoms with E-state index in [9.17, 15) is 0 Å². The van der Waals surface area contributed by atoms with Gasteiger partial charge in [-0.25, -0.2) is 0 Å². The number of nitrogens with one attached hydrogen (secondary N) is 1. The first-order chi connectivity index (χ1) is 7.15. The number of aliphatic hydroxyl groups excluding tert-OH is 3. The van der Waals surface area contributed by atoms with Gasteiger partial charge in [0.2, 0.25) is 0 Å². The van der Waals surface area contributed by atoms with Crippen LogP contribution in [0.2, 0.25) is 5.22 Å². The maximum atomic E-state index is 9.02. The molecule has 0 fully saturated rings. The predicted molar refractivity (Wildman–Crippen MR) is 54.5 cm³/mol. The van der Waals surface area contributed by atoms with Crippen LogP contribution in [0.5, 0.6) is 0 Å². The highest BCUT2D eigenvalue weighted by molar-refractivity contribution is 6.28. The fourth-order valence-corrected chi connectivity index (χ4v) is 1.20. The van der Waals surface area contributed by atoms with E-state index in [1.54, 1.807) is 12.1 Å². The van der Waals surface area contributed by atoms with Crippen LogP contribution in [0.3, 0.4) is 0 Å². The SMILES string of the molecule is OCC(CO)(CO)NCc1ccc(Cl)o1. The lowest BCUT2D eigenvalue weighted by molar-refractivity contribution is 0.0402. The van der Waals surface area contributed by atoms with Gasteiger partial charge in [0.15, 0.2) is 5.22 Å². The Hall–Kier alpha value is -0.590. The molecule has 6 heteroatoms. The topological polar surface area (TPSA) is 85.9 Å². The van der Waals surface area contributed by atoms with E-state index in [0.29, 0.717) is 5.76 Å². The number of furan rings is 1. The normalized spacial score (nSPS) is 12.0. The van der Waals surface area contributed by atoms with E-state index in [-0.39, 0.29) is 31.6 Å². The molecule has 5 nitrogen and oxygen atoms in total. The van der Waals surface area contributed by atoms with Crippen LogP contribution in [0.1, 0.15) is 5.76 Å². The molecule has 86 valence electrons. The maximum Gasteiger partial charge on any atom is 0.193 e. The number of hydrogen-bond acceptors (Lipinski definition) is 5. The van der Waals surface area contributed by atoms with Gasteiger partial charge < -0.3 is 19.7 Å². The molecule has 1 heterocycles. The summed E-state index contributed by atoms with van der Waals surface area (Å²) >= 11 is 5.57. The van der Waals surface area contributed by atoms with Crippen molar-refractivity contribution in [3.05, 3.63) is 23.1 Å². The predicted octanol–water partition coefficient (Wildman–Crippen LogP) is -0.262. The first-order valence-corrected chi connectivity index (χ1v) is 4.85. The van der Waals surface area contributed by atoms with Crippen LogP contribution in [0, 0.1) is 0 Å². The van der Waals surface area contributed by atoms with E-state index in [1.807, 2.05) is 0 Å². The highest BCUT2D eigenvalue weighted by atomic mass is 35.5. The molecule has 0 bridgehead atoms. The van der Waals surface area contributed by atoms with Crippen LogP contribution >= 0.6 is 11.6 Å². The molecule has 1 aromatic heterocycles. The van der Waals surface area contributed by atoms with E-state index in [1.165, 1.54) is 0 Å². The molecule has 15 heavy (non-hydrogen) atoms. The summed E-state index contributed by atoms with van der Waals surface area (Å²) in [6, 6.07) is 3.27. The van der Waals surface area contributed by atoms with Crippen molar-refractivity contribution in [3.8, 4) is 0 Å². The molecule has 0 radical (unpaired) electrons. The van der Waals surface area contributed by atoms with Crippen molar-refractivity contribution < 1.29 is 19.7 Å². The lowest BCUT2D eigenvalue weighted by Gasteiger charge is -2.28. The van der Waals surface area contributed by atoms with Crippen molar-refractivity contribution in [3.63, 3.8) is 0 Å². The zero-order valence-electron chi connectivity index (χ0n) is 8.11. The second kappa shape index (κ2) is 5.48. The standard InChI is InChI=1S/C9H14ClNO4/c10-8-2-1-7(15-8)3-11-9(4-12,5-13)6-14/h1-2,11-14H,3-6H2. The lowest BCUT2D eigenvalue weighted by atomic mass is 10.0. The second-order valence-corrected chi connectivity index (χ2v) is 3.69. The summed E-state index contributed by atoms with van der Waals surface area (Å²) in [5.74, 6) is 0.569. The van der Waals surface area contributed by atoms with Gasteiger partial charge in [-0.2, -0.15) is 0 Å². The van der Waals surface area contributed by atoms with E-state index < -0.39 is 5.54 Å². The molecular formula is C9H14ClNO4. The van der Waals surface area contributed by atoms with Gasteiger partial charge in [0.05, 0.1) is 31.9 Å². The smallest absolute Gasteiger partial charge is 0.193 e. The Kier molecular flexibility index (Phi) is 4.56. The molecule has 0 atom stereocenters. The van der Waals surface area contributed by atoms with Gasteiger partial charge in [-0.1, -0.05) is 0 Å². The maximum absolute atomic E-state index is 9.02. The van der Waals surface area contributed by atoms with E-state index >= 15 is 0 Å². The van der Waals surface area contributed by atoms with Gasteiger partial charge in [-0.3, -0.25) is 5.32 Å². The fourth-order valence-electron chi connectivity index (χ4n) is 1.04. The Morgan fingerprint density at radius 3 is 2.20 bits per heavy atom. The van der Waals surface area contributed by atoms with Crippen LogP contribution in [0.25, 0.3) is 0 Å². The van der Waals surface area contributed by atoms with Crippen LogP contribution in [-0.4, -0.2) is 40.7 Å². The van der Waals surface area contributed by atoms with Crippen LogP contribution < -0.4 is 5.32 Å². The summed E-state index contributed by atoms with van der Waals surface area (Å²) in [6.45, 7) is -0.828. The highest BCUT2D eigenvalue weighted by Gasteiger charge is 2.27. The largest absolute Gasteiger partial charge is 0.448 e. The Morgan fingerprint density at radius 1 is 1.20 bits per heavy atom. The zero-order chi connectivity index (χ0) is 11.3. The van der Waals surface area contributed by atoms with Gasteiger partial charge in [0, 0.05) is 0 Å². The quantitative estimate of drug-likeness (QED) is 0.546. The summed E-state index contributed by atoms with van der Waals surface area (Å²) in [5, 5.41) is 30.1. The summed E-state index contributed by atoms with van der Waals surface area (Å²) in [6.07, 6.45) is 0. The van der Waals surface area contributed by atoms with Crippen LogP contribution in [0.4, 0.5) is 0 Å². The molecule has 0 aliphatic heterocycles. The van der Waals surface area contributed by atoms with Gasteiger partial charge in [-0.15, -0.1) is 0 Å². The van der Waals surface area contributed by atoms with Crippen molar-refractivity contribution >= 4 is 11.6 Å². The van der Waals surface area contributed by atoms with E-state index in [0.717, 1.165) is 0 Å². The van der Waals surface area contributed by atoms with E-state index in [2.05, 4.69) is 5.32 Å². The summed E-state index contributed by atoms with van der Waals surface area (Å²) in [5.41, 5.74) is -1.10. The molecule has 4 N–H and O–H groups in total. The monoisotopic (exact) mass is 235 g/mol. The minimum absolute atomic E-state index is 0.272. The van der Waals surface area contributed by atoms with Crippen LogP contribution in [0.15, 0.2) is 16.5 Å². The van der Waals surface area contributed by atoms with Crippen molar-refractivity contribution in [1.29, 1.82) is 0 Å². The number of rotatable bonds is 6. The number of halogens is 1. The van der Waals surface area contributed by atoms with Gasteiger partial charge in [0.1, 0.15) is 5.76 Å². The Morgan fingerprint density at radius 2 is 1.80 bits per heavy atom. The molecule has 0 spiro atoms. The third-order valence-electron chi connectivity index (χ3n) is 2.17. The molecular weight excluding hydrogens is 222 g/mol. The lowest BCUT2D eigenvalue weighted by Crippen LogP contribution is -2.54. The molecule has 0 aliphatic carbocycles. The number of aliphatic hydroxyl groups is 3. The number of hydrogen-bond donors (Lipinski definition) is 4. The Labute approximate surface area is 92.3 Å². The summed E-state index contributed by atoms with van der Waals surface area (Å²) < 4.78 is 5.07. The Bertz CT molecular complexity index is 290. The second-order valence-electron chi connectivity index (χ2n) is 3.31. The van der Waals surface area contributed by atoms with Crippen molar-refractivity contribution in [2.75, 3.05) is 19.8 Å². The highest BCUT2D eigenvalue weighted by Crippen LogP contribution is 2.13. The zero-order valence-corrected chi connectivity index (χ0v) is 8.87. The summed E-state index contributed by atoms with van der Waals surface area (Å²) in [4.78, 5) is 0. The van der Waals surface area contributed by atoms with Crippen LogP contribution in [-0.2, 0) is 6.54 Å². The molecule has 0 saturated carbocycles. The summed E-state index contributed by atoms with van der Waals surface area (Å²) in [7, 11) is 0. The Balaban J connectivity index is 2.54. The fraction of sp³-hybridized carbons (Fsp3) is 0.556. The van der Waals surface area contributed by atoms with E-state index in [4.69, 9.17) is 31.3 Å². The molecule has 0 aromatic carbocycles. The average Bonchev–Trinajstić information content (AvgIpc) is 2.67. The third-order valence-corrected chi connectivity index (χ3v) is 2.38. The van der Waals surface area contributed by atoms with Gasteiger partial charge in [0.25, 0.3) is 0 Å². The molecule has 0 amide bonds. The van der Waals surface area contributed by atoms with Crippen molar-refractivity contribution in [2.45, 2.75) is 12.1 Å². The van der Waals surface area contributed by atoms with Crippen molar-refractivity contribution in [1.82, 2.24) is 5.32 Å². The molecule has 1 aromatic rings. The molecule has 0 saturated heterocycles. The van der Waals surface area contributed by atoms with Gasteiger partial charge >= 0.3 is 0 Å². The molecule has 0 aliphatic rings. The first kappa shape index (κ1) is 12.5.